The van der Waals surface area contributed by atoms with Crippen LogP contribution in [0.25, 0.3) is 21.2 Å². The normalized spacial score (nSPS) is 17.6. The van der Waals surface area contributed by atoms with E-state index in [4.69, 9.17) is 6.85 Å². The zero-order valence-corrected chi connectivity index (χ0v) is 37.3. The molecule has 6 aromatic carbocycles. The summed E-state index contributed by atoms with van der Waals surface area (Å²) < 4.78 is 46.6. The van der Waals surface area contributed by atoms with E-state index >= 15 is 0 Å². The molecule has 0 unspecified atom stereocenters. The summed E-state index contributed by atoms with van der Waals surface area (Å²) in [5.41, 5.74) is 16.0. The maximum atomic E-state index is 9.13. The van der Waals surface area contributed by atoms with Gasteiger partial charge in [0.1, 0.15) is 0 Å². The monoisotopic (exact) mass is 793 g/mol. The van der Waals surface area contributed by atoms with Gasteiger partial charge in [-0.3, -0.25) is 0 Å². The van der Waals surface area contributed by atoms with Crippen LogP contribution in [-0.4, -0.2) is 6.71 Å². The van der Waals surface area contributed by atoms with Crippen molar-refractivity contribution in [3.05, 3.63) is 149 Å². The van der Waals surface area contributed by atoms with E-state index in [9.17, 15) is 0 Å². The zero-order valence-electron chi connectivity index (χ0n) is 41.5. The number of para-hydroxylation sites is 1. The van der Waals surface area contributed by atoms with Crippen molar-refractivity contribution in [1.29, 1.82) is 0 Å². The van der Waals surface area contributed by atoms with E-state index in [2.05, 4.69) is 153 Å². The molecule has 10 rings (SSSR count). The first-order valence-corrected chi connectivity index (χ1v) is 22.1. The lowest BCUT2D eigenvalue weighted by Gasteiger charge is -2.44. The van der Waals surface area contributed by atoms with Crippen molar-refractivity contribution < 1.29 is 6.85 Å². The lowest BCUT2D eigenvalue weighted by Crippen LogP contribution is -2.60. The molecule has 0 spiro atoms. The third kappa shape index (κ3) is 5.95. The van der Waals surface area contributed by atoms with Crippen LogP contribution in [0.1, 0.15) is 117 Å². The van der Waals surface area contributed by atoms with E-state index in [1.807, 2.05) is 35.6 Å². The van der Waals surface area contributed by atoms with E-state index in [1.165, 1.54) is 53.7 Å². The number of nitrogens with zero attached hydrogens (tertiary/aromatic N) is 2. The van der Waals surface area contributed by atoms with Crippen LogP contribution < -0.4 is 25.5 Å². The maximum absolute atomic E-state index is 9.13. The molecule has 2 aliphatic heterocycles. The average Bonchev–Trinajstić information content (AvgIpc) is 3.61. The van der Waals surface area contributed by atoms with E-state index in [0.717, 1.165) is 46.8 Å². The van der Waals surface area contributed by atoms with Crippen molar-refractivity contribution in [2.75, 3.05) is 9.80 Å². The minimum absolute atomic E-state index is 0.00561. The van der Waals surface area contributed by atoms with Gasteiger partial charge in [0.25, 0.3) is 6.71 Å². The lowest BCUT2D eigenvalue weighted by molar-refractivity contribution is 0.332. The zero-order chi connectivity index (χ0) is 45.7. The van der Waals surface area contributed by atoms with Crippen LogP contribution in [0, 0.1) is 6.92 Å². The summed E-state index contributed by atoms with van der Waals surface area (Å²) in [6, 6.07) is 32.2. The number of benzene rings is 6. The molecule has 3 aliphatic rings. The number of aryl methyl sites for hydroxylation is 1. The second kappa shape index (κ2) is 13.0. The average molecular weight is 794 g/mol. The summed E-state index contributed by atoms with van der Waals surface area (Å²) >= 11 is 1.94. The minimum atomic E-state index is -0.396. The van der Waals surface area contributed by atoms with Crippen molar-refractivity contribution in [2.24, 2.45) is 0 Å². The number of fused-ring (bicyclic) bond motifs is 7. The highest BCUT2D eigenvalue weighted by atomic mass is 32.1. The Morgan fingerprint density at radius 2 is 1.25 bits per heavy atom. The smallest absolute Gasteiger partial charge is 0.264 e. The fourth-order valence-corrected chi connectivity index (χ4v) is 11.4. The van der Waals surface area contributed by atoms with Gasteiger partial charge in [-0.25, -0.2) is 0 Å². The molecule has 4 heteroatoms. The SMILES string of the molecule is [2H]c1c([2H])c([2H])c(-c2ccccc2N2c3ccc(C(C)(C)C)cc3B3c4sc5cc6c(cc5c4N(c4ccc(C(C)(C)C)cc4)c4cc(C)cc2c43)C(C)(C)CCC6(C)C)c([2H])c1[2H]. The molecule has 1 aromatic heterocycles. The molecule has 296 valence electrons. The quantitative estimate of drug-likeness (QED) is 0.164. The molecule has 0 N–H and O–H groups in total. The van der Waals surface area contributed by atoms with E-state index in [1.54, 1.807) is 0 Å². The number of hydrogen-bond acceptors (Lipinski definition) is 3. The number of hydrogen-bond donors (Lipinski definition) is 0. The van der Waals surface area contributed by atoms with Crippen LogP contribution in [0.4, 0.5) is 34.1 Å². The molecule has 1 aliphatic carbocycles. The third-order valence-corrected chi connectivity index (χ3v) is 14.8. The van der Waals surface area contributed by atoms with Crippen molar-refractivity contribution in [2.45, 2.75) is 111 Å². The van der Waals surface area contributed by atoms with E-state index < -0.39 is 6.04 Å². The van der Waals surface area contributed by atoms with Crippen molar-refractivity contribution in [1.82, 2.24) is 0 Å². The van der Waals surface area contributed by atoms with Crippen LogP contribution in [0.2, 0.25) is 0 Å². The Hall–Kier alpha value is -5.06. The van der Waals surface area contributed by atoms with Gasteiger partial charge in [-0.2, -0.15) is 0 Å². The molecular formula is C55H57BN2S. The van der Waals surface area contributed by atoms with Gasteiger partial charge in [0.2, 0.25) is 0 Å². The Bertz CT molecular complexity index is 3090. The maximum Gasteiger partial charge on any atom is 0.264 e. The molecule has 0 atom stereocenters. The van der Waals surface area contributed by atoms with Gasteiger partial charge in [-0.05, 0) is 134 Å². The topological polar surface area (TPSA) is 6.48 Å². The summed E-state index contributed by atoms with van der Waals surface area (Å²) in [6.07, 6.45) is 2.29. The Balaban J connectivity index is 1.34. The van der Waals surface area contributed by atoms with Crippen molar-refractivity contribution in [3.63, 3.8) is 0 Å². The molecule has 7 aromatic rings. The number of anilines is 6. The highest BCUT2D eigenvalue weighted by Crippen LogP contribution is 2.53. The Labute approximate surface area is 364 Å². The van der Waals surface area contributed by atoms with E-state index in [-0.39, 0.29) is 58.1 Å². The lowest BCUT2D eigenvalue weighted by atomic mass is 9.36. The van der Waals surface area contributed by atoms with Gasteiger partial charge in [-0.1, -0.05) is 142 Å². The highest BCUT2D eigenvalue weighted by Gasteiger charge is 2.47. The van der Waals surface area contributed by atoms with Crippen molar-refractivity contribution >= 4 is 78.0 Å². The molecule has 3 heterocycles. The van der Waals surface area contributed by atoms with Crippen LogP contribution in [-0.2, 0) is 21.7 Å². The molecule has 59 heavy (non-hydrogen) atoms. The van der Waals surface area contributed by atoms with Gasteiger partial charge >= 0.3 is 0 Å². The molecule has 2 nitrogen and oxygen atoms in total. The molecule has 0 radical (unpaired) electrons. The summed E-state index contributed by atoms with van der Waals surface area (Å²) in [5, 5.41) is 1.29. The van der Waals surface area contributed by atoms with Crippen LogP contribution >= 0.6 is 11.3 Å². The first-order valence-electron chi connectivity index (χ1n) is 23.8. The second-order valence-corrected chi connectivity index (χ2v) is 21.7. The Morgan fingerprint density at radius 3 is 1.92 bits per heavy atom. The second-order valence-electron chi connectivity index (χ2n) is 20.6. The van der Waals surface area contributed by atoms with Crippen molar-refractivity contribution in [3.8, 4) is 11.1 Å². The summed E-state index contributed by atoms with van der Waals surface area (Å²) in [7, 11) is 0. The summed E-state index contributed by atoms with van der Waals surface area (Å²) in [5.74, 6) is 0. The highest BCUT2D eigenvalue weighted by molar-refractivity contribution is 7.33. The first-order chi connectivity index (χ1) is 30.0. The fraction of sp³-hybridized carbons (Fsp3) is 0.309. The largest absolute Gasteiger partial charge is 0.311 e. The van der Waals surface area contributed by atoms with Gasteiger partial charge in [0.15, 0.2) is 0 Å². The van der Waals surface area contributed by atoms with Gasteiger partial charge < -0.3 is 9.80 Å². The van der Waals surface area contributed by atoms with Gasteiger partial charge in [0, 0.05) is 43.2 Å². The van der Waals surface area contributed by atoms with Crippen LogP contribution in [0.5, 0.6) is 0 Å². The Kier molecular flexibility index (Phi) is 7.20. The van der Waals surface area contributed by atoms with Gasteiger partial charge in [0.05, 0.1) is 18.2 Å². The molecule has 0 bridgehead atoms. The molecule has 0 saturated carbocycles. The fourth-order valence-electron chi connectivity index (χ4n) is 10.1. The Morgan fingerprint density at radius 1 is 0.644 bits per heavy atom. The van der Waals surface area contributed by atoms with Gasteiger partial charge in [-0.15, -0.1) is 11.3 Å². The number of rotatable bonds is 3. The summed E-state index contributed by atoms with van der Waals surface area (Å²) in [6.45, 7) is 25.4. The van der Waals surface area contributed by atoms with Crippen LogP contribution in [0.15, 0.2) is 121 Å². The number of thiophene rings is 1. The summed E-state index contributed by atoms with van der Waals surface area (Å²) in [4.78, 5) is 4.84. The standard InChI is InChI=1S/C55H57BN2S/c1-34-29-46-49-47(30-34)58(44-20-16-15-19-39(44)35-17-13-12-14-18-35)45-26-23-37(53(5,6)7)31-43(45)56(49)51-50(57(46)38-24-21-36(22-25-38)52(2,3)4)40-32-41-42(33-48(40)59-51)55(10,11)28-27-54(41,8)9/h12-26,29-33H,27-28H2,1-11H3/i12D,13D,14D,17D,18D. The molecular weight excluding hydrogens is 731 g/mol. The predicted molar refractivity (Wildman–Crippen MR) is 259 cm³/mol. The van der Waals surface area contributed by atoms with E-state index in [0.29, 0.717) is 5.56 Å². The van der Waals surface area contributed by atoms with Crippen LogP contribution in [0.3, 0.4) is 0 Å². The molecule has 0 amide bonds. The minimum Gasteiger partial charge on any atom is -0.311 e. The third-order valence-electron chi connectivity index (χ3n) is 13.5. The molecule has 0 saturated heterocycles. The molecule has 0 fully saturated rings. The first kappa shape index (κ1) is 32.8. The predicted octanol–water partition coefficient (Wildman–Crippen LogP) is 13.9.